The Hall–Kier alpha value is -2.32. The van der Waals surface area contributed by atoms with Crippen molar-refractivity contribution < 1.29 is 19.1 Å². The van der Waals surface area contributed by atoms with Crippen LogP contribution in [-0.2, 0) is 14.3 Å². The first kappa shape index (κ1) is 19.0. The molecule has 1 N–H and O–H groups in total. The number of methoxy groups -OCH3 is 1. The quantitative estimate of drug-likeness (QED) is 0.585. The van der Waals surface area contributed by atoms with Crippen molar-refractivity contribution in [2.75, 3.05) is 45.8 Å². The SMILES string of the molecule is COCCNC(=O)CN1C(=O)S/C(=C\c2ccc(N(C)C)cc2)C1=O. The Labute approximate surface area is 151 Å². The number of amides is 3. The summed E-state index contributed by atoms with van der Waals surface area (Å²) < 4.78 is 4.83. The lowest BCUT2D eigenvalue weighted by molar-refractivity contribution is -0.129. The van der Waals surface area contributed by atoms with E-state index >= 15 is 0 Å². The molecule has 25 heavy (non-hydrogen) atoms. The van der Waals surface area contributed by atoms with Crippen molar-refractivity contribution in [2.45, 2.75) is 0 Å². The van der Waals surface area contributed by atoms with Crippen LogP contribution in [0.2, 0.25) is 0 Å². The molecule has 7 nitrogen and oxygen atoms in total. The van der Waals surface area contributed by atoms with E-state index in [-0.39, 0.29) is 6.54 Å². The highest BCUT2D eigenvalue weighted by molar-refractivity contribution is 8.18. The molecule has 0 bridgehead atoms. The van der Waals surface area contributed by atoms with Crippen molar-refractivity contribution in [3.05, 3.63) is 34.7 Å². The summed E-state index contributed by atoms with van der Waals surface area (Å²) in [7, 11) is 5.41. The minimum absolute atomic E-state index is 0.286. The van der Waals surface area contributed by atoms with E-state index in [0.29, 0.717) is 18.1 Å². The van der Waals surface area contributed by atoms with Gasteiger partial charge in [-0.1, -0.05) is 12.1 Å². The third kappa shape index (κ3) is 5.07. The van der Waals surface area contributed by atoms with Crippen molar-refractivity contribution in [2.24, 2.45) is 0 Å². The van der Waals surface area contributed by atoms with E-state index in [0.717, 1.165) is 27.9 Å². The monoisotopic (exact) mass is 363 g/mol. The number of carbonyl (C=O) groups excluding carboxylic acids is 3. The van der Waals surface area contributed by atoms with Gasteiger partial charge in [-0.2, -0.15) is 0 Å². The molecule has 3 amide bonds. The fraction of sp³-hybridized carbons (Fsp3) is 0.353. The number of carbonyl (C=O) groups is 3. The second-order valence-corrected chi connectivity index (χ2v) is 6.59. The van der Waals surface area contributed by atoms with E-state index in [1.165, 1.54) is 7.11 Å². The Morgan fingerprint density at radius 3 is 2.56 bits per heavy atom. The number of hydrogen-bond donors (Lipinski definition) is 1. The van der Waals surface area contributed by atoms with Gasteiger partial charge in [-0.25, -0.2) is 0 Å². The molecule has 1 saturated heterocycles. The highest BCUT2D eigenvalue weighted by Crippen LogP contribution is 2.32. The zero-order chi connectivity index (χ0) is 18.4. The number of thioether (sulfide) groups is 1. The van der Waals surface area contributed by atoms with Crippen LogP contribution in [0.15, 0.2) is 29.2 Å². The Kier molecular flexibility index (Phi) is 6.60. The van der Waals surface area contributed by atoms with Gasteiger partial charge in [0.1, 0.15) is 6.54 Å². The van der Waals surface area contributed by atoms with Crippen LogP contribution in [0.4, 0.5) is 10.5 Å². The minimum Gasteiger partial charge on any atom is -0.383 e. The fourth-order valence-electron chi connectivity index (χ4n) is 2.15. The first-order valence-electron chi connectivity index (χ1n) is 7.70. The van der Waals surface area contributed by atoms with Crippen LogP contribution in [0.3, 0.4) is 0 Å². The number of benzene rings is 1. The van der Waals surface area contributed by atoms with Crippen LogP contribution in [0.25, 0.3) is 6.08 Å². The van der Waals surface area contributed by atoms with Gasteiger partial charge in [-0.05, 0) is 35.5 Å². The second kappa shape index (κ2) is 8.68. The van der Waals surface area contributed by atoms with Crippen LogP contribution in [-0.4, -0.2) is 62.9 Å². The lowest BCUT2D eigenvalue weighted by Gasteiger charge is -2.12. The molecule has 0 saturated carbocycles. The van der Waals surface area contributed by atoms with Gasteiger partial charge in [0, 0.05) is 33.4 Å². The molecule has 1 aliphatic rings. The molecule has 1 aromatic carbocycles. The predicted molar refractivity (Wildman–Crippen MR) is 98.3 cm³/mol. The molecule has 0 radical (unpaired) electrons. The minimum atomic E-state index is -0.450. The first-order chi connectivity index (χ1) is 11.9. The lowest BCUT2D eigenvalue weighted by Crippen LogP contribution is -2.40. The molecular weight excluding hydrogens is 342 g/mol. The standard InChI is InChI=1S/C17H21N3O4S/c1-19(2)13-6-4-12(5-7-13)10-14-16(22)20(17(23)25-14)11-15(21)18-8-9-24-3/h4-7,10H,8-9,11H2,1-3H3,(H,18,21)/b14-10-. The third-order valence-corrected chi connectivity index (χ3v) is 4.42. The topological polar surface area (TPSA) is 79.0 Å². The van der Waals surface area contributed by atoms with Gasteiger partial charge >= 0.3 is 0 Å². The van der Waals surface area contributed by atoms with Crippen LogP contribution >= 0.6 is 11.8 Å². The van der Waals surface area contributed by atoms with E-state index in [4.69, 9.17) is 4.74 Å². The number of hydrogen-bond acceptors (Lipinski definition) is 6. The summed E-state index contributed by atoms with van der Waals surface area (Å²) >= 11 is 0.841. The summed E-state index contributed by atoms with van der Waals surface area (Å²) in [6.07, 6.45) is 1.66. The van der Waals surface area contributed by atoms with E-state index in [1.807, 2.05) is 43.3 Å². The maximum Gasteiger partial charge on any atom is 0.294 e. The highest BCUT2D eigenvalue weighted by Gasteiger charge is 2.36. The number of anilines is 1. The number of rotatable bonds is 7. The fourth-order valence-corrected chi connectivity index (χ4v) is 2.99. The molecule has 1 fully saturated rings. The van der Waals surface area contributed by atoms with Gasteiger partial charge < -0.3 is 15.0 Å². The van der Waals surface area contributed by atoms with Crippen LogP contribution < -0.4 is 10.2 Å². The normalized spacial score (nSPS) is 15.8. The van der Waals surface area contributed by atoms with E-state index in [1.54, 1.807) is 6.08 Å². The Balaban J connectivity index is 2.03. The highest BCUT2D eigenvalue weighted by atomic mass is 32.2. The zero-order valence-electron chi connectivity index (χ0n) is 14.4. The number of ether oxygens (including phenoxy) is 1. The average Bonchev–Trinajstić information content (AvgIpc) is 2.83. The predicted octanol–water partition coefficient (Wildman–Crippen LogP) is 1.55. The largest absolute Gasteiger partial charge is 0.383 e. The van der Waals surface area contributed by atoms with Crippen molar-refractivity contribution >= 4 is 40.6 Å². The summed E-state index contributed by atoms with van der Waals surface area (Å²) in [5.41, 5.74) is 1.86. The Morgan fingerprint density at radius 1 is 1.28 bits per heavy atom. The summed E-state index contributed by atoms with van der Waals surface area (Å²) in [6.45, 7) is 0.418. The lowest BCUT2D eigenvalue weighted by atomic mass is 10.2. The number of nitrogens with zero attached hydrogens (tertiary/aromatic N) is 2. The number of nitrogens with one attached hydrogen (secondary N) is 1. The molecule has 2 rings (SSSR count). The molecule has 8 heteroatoms. The summed E-state index contributed by atoms with van der Waals surface area (Å²) in [4.78, 5) is 39.4. The van der Waals surface area contributed by atoms with Crippen molar-refractivity contribution in [3.8, 4) is 0 Å². The van der Waals surface area contributed by atoms with Crippen molar-refractivity contribution in [3.63, 3.8) is 0 Å². The summed E-state index contributed by atoms with van der Waals surface area (Å²) in [5.74, 6) is -0.843. The maximum atomic E-state index is 12.4. The van der Waals surface area contributed by atoms with Gasteiger partial charge in [0.05, 0.1) is 11.5 Å². The zero-order valence-corrected chi connectivity index (χ0v) is 15.3. The van der Waals surface area contributed by atoms with Crippen LogP contribution in [0, 0.1) is 0 Å². The molecule has 1 aliphatic heterocycles. The van der Waals surface area contributed by atoms with Gasteiger partial charge in [0.2, 0.25) is 5.91 Å². The van der Waals surface area contributed by atoms with Crippen molar-refractivity contribution in [1.29, 1.82) is 0 Å². The Bertz CT molecular complexity index is 686. The second-order valence-electron chi connectivity index (χ2n) is 5.60. The van der Waals surface area contributed by atoms with Gasteiger partial charge in [0.25, 0.3) is 11.1 Å². The summed E-state index contributed by atoms with van der Waals surface area (Å²) in [6, 6.07) is 7.61. The smallest absolute Gasteiger partial charge is 0.294 e. The molecule has 0 atom stereocenters. The molecule has 1 aromatic rings. The van der Waals surface area contributed by atoms with Gasteiger partial charge in [0.15, 0.2) is 0 Å². The van der Waals surface area contributed by atoms with Gasteiger partial charge in [-0.3, -0.25) is 19.3 Å². The van der Waals surface area contributed by atoms with E-state index < -0.39 is 17.1 Å². The summed E-state index contributed by atoms with van der Waals surface area (Å²) in [5, 5.41) is 2.15. The molecule has 0 unspecified atom stereocenters. The Morgan fingerprint density at radius 2 is 1.96 bits per heavy atom. The van der Waals surface area contributed by atoms with Crippen LogP contribution in [0.1, 0.15) is 5.56 Å². The maximum absolute atomic E-state index is 12.4. The first-order valence-corrected chi connectivity index (χ1v) is 8.52. The molecule has 0 spiro atoms. The molecule has 0 aromatic heterocycles. The third-order valence-electron chi connectivity index (χ3n) is 3.51. The molecule has 0 aliphatic carbocycles. The van der Waals surface area contributed by atoms with Crippen molar-refractivity contribution in [1.82, 2.24) is 10.2 Å². The van der Waals surface area contributed by atoms with Gasteiger partial charge in [-0.15, -0.1) is 0 Å². The van der Waals surface area contributed by atoms with E-state index in [9.17, 15) is 14.4 Å². The molecule has 134 valence electrons. The average molecular weight is 363 g/mol. The number of imide groups is 1. The molecular formula is C17H21N3O4S. The molecule has 1 heterocycles. The van der Waals surface area contributed by atoms with Crippen LogP contribution in [0.5, 0.6) is 0 Å². The van der Waals surface area contributed by atoms with E-state index in [2.05, 4.69) is 5.32 Å².